The van der Waals surface area contributed by atoms with Crippen LogP contribution in [-0.2, 0) is 4.79 Å². The standard InChI is InChI=1S/C16H16ClNOS2/c17-14-8-4-5-9-15(14)21-12-16(19)18-10-11-20-13-6-2-1-3-7-13/h1-9H,10-12H2,(H,18,19). The molecule has 110 valence electrons. The molecule has 2 nitrogen and oxygen atoms in total. The number of halogens is 1. The van der Waals surface area contributed by atoms with Crippen LogP contribution in [0.15, 0.2) is 64.4 Å². The minimum atomic E-state index is 0.0357. The molecule has 0 heterocycles. The van der Waals surface area contributed by atoms with Crippen molar-refractivity contribution in [1.82, 2.24) is 5.32 Å². The van der Waals surface area contributed by atoms with Gasteiger partial charge in [-0.3, -0.25) is 4.79 Å². The topological polar surface area (TPSA) is 29.1 Å². The van der Waals surface area contributed by atoms with Crippen molar-refractivity contribution in [2.24, 2.45) is 0 Å². The molecule has 2 rings (SSSR count). The fourth-order valence-electron chi connectivity index (χ4n) is 1.63. The van der Waals surface area contributed by atoms with E-state index in [0.29, 0.717) is 17.3 Å². The minimum Gasteiger partial charge on any atom is -0.355 e. The molecule has 0 radical (unpaired) electrons. The lowest BCUT2D eigenvalue weighted by atomic mass is 10.4. The van der Waals surface area contributed by atoms with Crippen molar-refractivity contribution in [2.75, 3.05) is 18.1 Å². The molecule has 1 amide bonds. The lowest BCUT2D eigenvalue weighted by Crippen LogP contribution is -2.27. The highest BCUT2D eigenvalue weighted by molar-refractivity contribution is 8.00. The van der Waals surface area contributed by atoms with E-state index in [1.807, 2.05) is 42.5 Å². The molecule has 0 aliphatic heterocycles. The average molecular weight is 338 g/mol. The van der Waals surface area contributed by atoms with E-state index >= 15 is 0 Å². The van der Waals surface area contributed by atoms with Gasteiger partial charge in [-0.1, -0.05) is 41.9 Å². The molecule has 0 aromatic heterocycles. The number of benzene rings is 2. The van der Waals surface area contributed by atoms with Crippen molar-refractivity contribution < 1.29 is 4.79 Å². The zero-order valence-electron chi connectivity index (χ0n) is 11.4. The second-order valence-electron chi connectivity index (χ2n) is 4.23. The maximum Gasteiger partial charge on any atom is 0.230 e. The first-order valence-electron chi connectivity index (χ1n) is 6.57. The van der Waals surface area contributed by atoms with Crippen LogP contribution in [0.1, 0.15) is 0 Å². The van der Waals surface area contributed by atoms with Crippen molar-refractivity contribution >= 4 is 41.0 Å². The molecule has 0 atom stereocenters. The Labute approximate surface area is 138 Å². The Morgan fingerprint density at radius 2 is 1.71 bits per heavy atom. The van der Waals surface area contributed by atoms with E-state index in [0.717, 1.165) is 10.6 Å². The first kappa shape index (κ1) is 16.3. The summed E-state index contributed by atoms with van der Waals surface area (Å²) in [5, 5.41) is 3.61. The van der Waals surface area contributed by atoms with Crippen molar-refractivity contribution in [2.45, 2.75) is 9.79 Å². The van der Waals surface area contributed by atoms with Crippen LogP contribution in [0.25, 0.3) is 0 Å². The number of hydrogen-bond acceptors (Lipinski definition) is 3. The Morgan fingerprint density at radius 3 is 2.48 bits per heavy atom. The predicted octanol–water partition coefficient (Wildman–Crippen LogP) is 4.34. The van der Waals surface area contributed by atoms with E-state index in [-0.39, 0.29) is 5.91 Å². The van der Waals surface area contributed by atoms with Crippen LogP contribution in [0.4, 0.5) is 0 Å². The first-order chi connectivity index (χ1) is 10.3. The van der Waals surface area contributed by atoms with E-state index in [1.165, 1.54) is 16.7 Å². The fourth-order valence-corrected chi connectivity index (χ4v) is 3.49. The van der Waals surface area contributed by atoms with Crippen molar-refractivity contribution in [1.29, 1.82) is 0 Å². The summed E-state index contributed by atoms with van der Waals surface area (Å²) in [4.78, 5) is 13.9. The van der Waals surface area contributed by atoms with Gasteiger partial charge in [0.15, 0.2) is 0 Å². The maximum atomic E-state index is 11.8. The van der Waals surface area contributed by atoms with Gasteiger partial charge in [0.2, 0.25) is 5.91 Å². The second kappa shape index (κ2) is 9.03. The number of hydrogen-bond donors (Lipinski definition) is 1. The number of amides is 1. The van der Waals surface area contributed by atoms with Gasteiger partial charge in [-0.05, 0) is 24.3 Å². The third kappa shape index (κ3) is 6.04. The molecule has 0 fully saturated rings. The summed E-state index contributed by atoms with van der Waals surface area (Å²) >= 11 is 9.24. The maximum absolute atomic E-state index is 11.8. The molecular weight excluding hydrogens is 322 g/mol. The van der Waals surface area contributed by atoms with Crippen molar-refractivity contribution in [3.05, 3.63) is 59.6 Å². The lowest BCUT2D eigenvalue weighted by Gasteiger charge is -2.06. The number of rotatable bonds is 7. The molecule has 0 aliphatic carbocycles. The Bertz CT molecular complexity index is 577. The highest BCUT2D eigenvalue weighted by Crippen LogP contribution is 2.26. The number of carbonyl (C=O) groups is 1. The summed E-state index contributed by atoms with van der Waals surface area (Å²) in [5.74, 6) is 1.29. The molecule has 2 aromatic carbocycles. The van der Waals surface area contributed by atoms with Crippen molar-refractivity contribution in [3.63, 3.8) is 0 Å². The van der Waals surface area contributed by atoms with Gasteiger partial charge in [-0.15, -0.1) is 23.5 Å². The Balaban J connectivity index is 1.63. The molecule has 5 heteroatoms. The normalized spacial score (nSPS) is 10.3. The molecule has 0 bridgehead atoms. The van der Waals surface area contributed by atoms with Gasteiger partial charge in [-0.2, -0.15) is 0 Å². The van der Waals surface area contributed by atoms with E-state index in [9.17, 15) is 4.79 Å². The Morgan fingerprint density at radius 1 is 1.00 bits per heavy atom. The van der Waals surface area contributed by atoms with Crippen LogP contribution in [0.2, 0.25) is 5.02 Å². The van der Waals surface area contributed by atoms with Crippen molar-refractivity contribution in [3.8, 4) is 0 Å². The first-order valence-corrected chi connectivity index (χ1v) is 8.92. The van der Waals surface area contributed by atoms with Gasteiger partial charge in [-0.25, -0.2) is 0 Å². The average Bonchev–Trinajstić information content (AvgIpc) is 2.52. The van der Waals surface area contributed by atoms with Gasteiger partial charge >= 0.3 is 0 Å². The molecule has 21 heavy (non-hydrogen) atoms. The highest BCUT2D eigenvalue weighted by Gasteiger charge is 2.04. The van der Waals surface area contributed by atoms with E-state index < -0.39 is 0 Å². The fraction of sp³-hybridized carbons (Fsp3) is 0.188. The van der Waals surface area contributed by atoms with Crippen LogP contribution in [0.3, 0.4) is 0 Å². The van der Waals surface area contributed by atoms with Crippen LogP contribution in [0.5, 0.6) is 0 Å². The zero-order chi connectivity index (χ0) is 14.9. The number of nitrogens with one attached hydrogen (secondary N) is 1. The van der Waals surface area contributed by atoms with Gasteiger partial charge < -0.3 is 5.32 Å². The third-order valence-electron chi connectivity index (χ3n) is 2.63. The summed E-state index contributed by atoms with van der Waals surface area (Å²) in [6.07, 6.45) is 0. The molecule has 0 aliphatic rings. The molecule has 1 N–H and O–H groups in total. The largest absolute Gasteiger partial charge is 0.355 e. The van der Waals surface area contributed by atoms with Crippen LogP contribution < -0.4 is 5.32 Å². The SMILES string of the molecule is O=C(CSc1ccccc1Cl)NCCSc1ccccc1. The predicted molar refractivity (Wildman–Crippen MR) is 92.4 cm³/mol. The van der Waals surface area contributed by atoms with Crippen LogP contribution in [-0.4, -0.2) is 24.0 Å². The summed E-state index contributed by atoms with van der Waals surface area (Å²) in [7, 11) is 0. The van der Waals surface area contributed by atoms with E-state index in [1.54, 1.807) is 11.8 Å². The molecule has 2 aromatic rings. The zero-order valence-corrected chi connectivity index (χ0v) is 13.8. The van der Waals surface area contributed by atoms with E-state index in [4.69, 9.17) is 11.6 Å². The summed E-state index contributed by atoms with van der Waals surface area (Å²) in [5.41, 5.74) is 0. The molecule has 0 unspecified atom stereocenters. The molecule has 0 saturated carbocycles. The number of carbonyl (C=O) groups excluding carboxylic acids is 1. The minimum absolute atomic E-state index is 0.0357. The van der Waals surface area contributed by atoms with Gasteiger partial charge in [0.05, 0.1) is 10.8 Å². The summed E-state index contributed by atoms with van der Waals surface area (Å²) < 4.78 is 0. The van der Waals surface area contributed by atoms with E-state index in [2.05, 4.69) is 17.4 Å². The van der Waals surface area contributed by atoms with Gasteiger partial charge in [0.25, 0.3) is 0 Å². The Kier molecular flexibility index (Phi) is 7.00. The summed E-state index contributed by atoms with van der Waals surface area (Å²) in [6.45, 7) is 0.668. The lowest BCUT2D eigenvalue weighted by molar-refractivity contribution is -0.118. The van der Waals surface area contributed by atoms with Gasteiger partial charge in [0.1, 0.15) is 0 Å². The van der Waals surface area contributed by atoms with Gasteiger partial charge in [0, 0.05) is 22.1 Å². The Hall–Kier alpha value is -1.10. The second-order valence-corrected chi connectivity index (χ2v) is 6.82. The van der Waals surface area contributed by atoms with Crippen LogP contribution in [0, 0.1) is 0 Å². The quantitative estimate of drug-likeness (QED) is 0.602. The molecule has 0 saturated heterocycles. The van der Waals surface area contributed by atoms with Crippen LogP contribution >= 0.6 is 35.1 Å². The third-order valence-corrected chi connectivity index (χ3v) is 5.16. The monoisotopic (exact) mass is 337 g/mol. The summed E-state index contributed by atoms with van der Waals surface area (Å²) in [6, 6.07) is 17.7. The molecule has 0 spiro atoms. The molecular formula is C16H16ClNOS2. The number of thioether (sulfide) groups is 2. The highest BCUT2D eigenvalue weighted by atomic mass is 35.5. The smallest absolute Gasteiger partial charge is 0.230 e.